The van der Waals surface area contributed by atoms with Crippen molar-refractivity contribution >= 4 is 39.8 Å². The van der Waals surface area contributed by atoms with Gasteiger partial charge in [0.1, 0.15) is 11.0 Å². The summed E-state index contributed by atoms with van der Waals surface area (Å²) in [6.45, 7) is 10.4. The number of methoxy groups -OCH3 is 1. The van der Waals surface area contributed by atoms with E-state index < -0.39 is 5.97 Å². The fourth-order valence-corrected chi connectivity index (χ4v) is 4.94. The average Bonchev–Trinajstić information content (AvgIpc) is 2.82. The lowest BCUT2D eigenvalue weighted by molar-refractivity contribution is 0.0595. The number of hydrogen-bond acceptors (Lipinski definition) is 6. The Labute approximate surface area is 211 Å². The Kier molecular flexibility index (Phi) is 6.82. The summed E-state index contributed by atoms with van der Waals surface area (Å²) < 4.78 is 6.65. The number of carbonyl (C=O) groups is 1. The van der Waals surface area contributed by atoms with Gasteiger partial charge in [0, 0.05) is 31.6 Å². The summed E-state index contributed by atoms with van der Waals surface area (Å²) in [5.41, 5.74) is 2.91. The van der Waals surface area contributed by atoms with E-state index >= 15 is 0 Å². The van der Waals surface area contributed by atoms with Crippen LogP contribution in [-0.4, -0.2) is 35.7 Å². The van der Waals surface area contributed by atoms with Crippen molar-refractivity contribution < 1.29 is 9.53 Å². The molecule has 0 radical (unpaired) electrons. The first-order chi connectivity index (χ1) is 16.5. The number of benzene rings is 1. The first-order valence-corrected chi connectivity index (χ1v) is 12.3. The van der Waals surface area contributed by atoms with Crippen LogP contribution in [0.25, 0.3) is 10.8 Å². The first-order valence-electron chi connectivity index (χ1n) is 11.9. The molecule has 0 amide bonds. The summed E-state index contributed by atoms with van der Waals surface area (Å²) in [4.78, 5) is 32.2. The minimum Gasteiger partial charge on any atom is -0.464 e. The van der Waals surface area contributed by atoms with Crippen LogP contribution in [0.3, 0.4) is 0 Å². The number of piperidine rings is 1. The fraction of sp³-hybridized carbons (Fsp3) is 0.444. The summed E-state index contributed by atoms with van der Waals surface area (Å²) in [6.07, 6.45) is 2.16. The van der Waals surface area contributed by atoms with Gasteiger partial charge in [0.05, 0.1) is 12.8 Å². The van der Waals surface area contributed by atoms with Crippen molar-refractivity contribution in [2.75, 3.05) is 30.4 Å². The van der Waals surface area contributed by atoms with Gasteiger partial charge in [0.25, 0.3) is 5.56 Å². The number of rotatable bonds is 5. The van der Waals surface area contributed by atoms with Crippen LogP contribution >= 0.6 is 11.6 Å². The molecule has 2 aromatic heterocycles. The molecule has 1 aliphatic heterocycles. The third kappa shape index (κ3) is 5.01. The van der Waals surface area contributed by atoms with Gasteiger partial charge >= 0.3 is 5.97 Å². The second kappa shape index (κ2) is 9.53. The normalized spacial score (nSPS) is 16.3. The molecule has 0 bridgehead atoms. The van der Waals surface area contributed by atoms with Crippen molar-refractivity contribution in [1.82, 2.24) is 9.55 Å². The second-order valence-electron chi connectivity index (χ2n) is 10.2. The van der Waals surface area contributed by atoms with Crippen molar-refractivity contribution in [2.45, 2.75) is 46.6 Å². The Morgan fingerprint density at radius 1 is 1.17 bits per heavy atom. The number of carbonyl (C=O) groups excluding carboxylic acids is 1. The van der Waals surface area contributed by atoms with Crippen LogP contribution < -0.4 is 15.8 Å². The number of fused-ring (bicyclic) bond motifs is 1. The molecular weight excluding hydrogens is 464 g/mol. The number of halogens is 1. The molecule has 35 heavy (non-hydrogen) atoms. The molecule has 4 rings (SSSR count). The maximum atomic E-state index is 13.5. The minimum absolute atomic E-state index is 0.0112. The molecular formula is C27H33ClN4O3. The van der Waals surface area contributed by atoms with E-state index in [-0.39, 0.29) is 22.4 Å². The lowest BCUT2D eigenvalue weighted by atomic mass is 9.82. The van der Waals surface area contributed by atoms with E-state index in [1.807, 2.05) is 27.0 Å². The van der Waals surface area contributed by atoms with E-state index in [2.05, 4.69) is 41.2 Å². The maximum Gasteiger partial charge on any atom is 0.358 e. The molecule has 1 saturated heterocycles. The van der Waals surface area contributed by atoms with Gasteiger partial charge in [-0.25, -0.2) is 9.78 Å². The molecule has 3 heterocycles. The molecule has 0 saturated carbocycles. The van der Waals surface area contributed by atoms with Crippen LogP contribution in [0, 0.1) is 12.3 Å². The highest BCUT2D eigenvalue weighted by atomic mass is 35.5. The van der Waals surface area contributed by atoms with Gasteiger partial charge < -0.3 is 15.0 Å². The van der Waals surface area contributed by atoms with Gasteiger partial charge in [0.15, 0.2) is 5.69 Å². The standard InChI is InChI=1S/C27H33ClN4O3/c1-16-13-18(17(2)29-21-7-8-22(28)30-24(21)26(34)35-6)19-15-23(31(5)25(33)20(19)14-16)32-11-9-27(3,4)10-12-32/h7-8,13-15,17,29H,9-12H2,1-6H3. The molecule has 1 unspecified atom stereocenters. The fourth-order valence-electron chi connectivity index (χ4n) is 4.79. The molecule has 0 aliphatic carbocycles. The van der Waals surface area contributed by atoms with E-state index in [4.69, 9.17) is 16.3 Å². The van der Waals surface area contributed by atoms with Crippen molar-refractivity contribution in [1.29, 1.82) is 0 Å². The monoisotopic (exact) mass is 496 g/mol. The lowest BCUT2D eigenvalue weighted by Crippen LogP contribution is -2.40. The molecule has 8 heteroatoms. The number of aryl methyl sites for hydroxylation is 1. The van der Waals surface area contributed by atoms with Crippen LogP contribution in [0.2, 0.25) is 5.15 Å². The van der Waals surface area contributed by atoms with Crippen molar-refractivity contribution in [3.8, 4) is 0 Å². The number of aromatic nitrogens is 2. The number of pyridine rings is 2. The Hall–Kier alpha value is -3.06. The Morgan fingerprint density at radius 3 is 2.51 bits per heavy atom. The number of esters is 1. The minimum atomic E-state index is -0.569. The Bertz CT molecular complexity index is 1340. The number of nitrogens with zero attached hydrogens (tertiary/aromatic N) is 3. The number of nitrogens with one attached hydrogen (secondary N) is 1. The average molecular weight is 497 g/mol. The molecule has 1 fully saturated rings. The molecule has 1 atom stereocenters. The molecule has 1 aromatic carbocycles. The van der Waals surface area contributed by atoms with E-state index in [9.17, 15) is 9.59 Å². The highest BCUT2D eigenvalue weighted by Gasteiger charge is 2.27. The van der Waals surface area contributed by atoms with Crippen LogP contribution in [0.4, 0.5) is 11.5 Å². The first kappa shape index (κ1) is 25.0. The van der Waals surface area contributed by atoms with Gasteiger partial charge in [-0.05, 0) is 72.9 Å². The molecule has 3 aromatic rings. The zero-order chi connectivity index (χ0) is 25.5. The SMILES string of the molecule is COC(=O)c1nc(Cl)ccc1NC(C)c1cc(C)cc2c(=O)n(C)c(N3CCC(C)(C)CC3)cc12. The Balaban J connectivity index is 1.79. The highest BCUT2D eigenvalue weighted by molar-refractivity contribution is 6.29. The maximum absolute atomic E-state index is 13.5. The van der Waals surface area contributed by atoms with E-state index in [0.717, 1.165) is 48.3 Å². The predicted molar refractivity (Wildman–Crippen MR) is 142 cm³/mol. The molecule has 186 valence electrons. The summed E-state index contributed by atoms with van der Waals surface area (Å²) in [5, 5.41) is 5.18. The molecule has 1 N–H and O–H groups in total. The summed E-state index contributed by atoms with van der Waals surface area (Å²) in [6, 6.07) is 9.29. The van der Waals surface area contributed by atoms with Gasteiger partial charge in [0.2, 0.25) is 0 Å². The van der Waals surface area contributed by atoms with Gasteiger partial charge in [-0.1, -0.05) is 31.5 Å². The third-order valence-electron chi connectivity index (χ3n) is 7.03. The van der Waals surface area contributed by atoms with Crippen LogP contribution in [-0.2, 0) is 11.8 Å². The van der Waals surface area contributed by atoms with Crippen LogP contribution in [0.15, 0.2) is 35.1 Å². The highest BCUT2D eigenvalue weighted by Crippen LogP contribution is 2.34. The summed E-state index contributed by atoms with van der Waals surface area (Å²) in [7, 11) is 3.16. The van der Waals surface area contributed by atoms with E-state index in [1.165, 1.54) is 7.11 Å². The van der Waals surface area contributed by atoms with Crippen LogP contribution in [0.5, 0.6) is 0 Å². The zero-order valence-corrected chi connectivity index (χ0v) is 22.0. The van der Waals surface area contributed by atoms with Crippen molar-refractivity contribution in [3.05, 3.63) is 62.7 Å². The number of ether oxygens (including phenoxy) is 1. The molecule has 7 nitrogen and oxygen atoms in total. The zero-order valence-electron chi connectivity index (χ0n) is 21.2. The molecule has 1 aliphatic rings. The van der Waals surface area contributed by atoms with Gasteiger partial charge in [-0.15, -0.1) is 0 Å². The summed E-state index contributed by atoms with van der Waals surface area (Å²) in [5.74, 6) is 0.360. The smallest absolute Gasteiger partial charge is 0.358 e. The van der Waals surface area contributed by atoms with E-state index in [1.54, 1.807) is 16.7 Å². The lowest BCUT2D eigenvalue weighted by Gasteiger charge is -2.38. The van der Waals surface area contributed by atoms with Crippen LogP contribution in [0.1, 0.15) is 61.3 Å². The second-order valence-corrected chi connectivity index (χ2v) is 10.6. The topological polar surface area (TPSA) is 76.5 Å². The third-order valence-corrected chi connectivity index (χ3v) is 7.24. The quantitative estimate of drug-likeness (QED) is 0.372. The van der Waals surface area contributed by atoms with Gasteiger partial charge in [-0.2, -0.15) is 0 Å². The van der Waals surface area contributed by atoms with Crippen molar-refractivity contribution in [2.24, 2.45) is 12.5 Å². The number of hydrogen-bond donors (Lipinski definition) is 1. The molecule has 0 spiro atoms. The summed E-state index contributed by atoms with van der Waals surface area (Å²) >= 11 is 6.02. The van der Waals surface area contributed by atoms with Crippen molar-refractivity contribution in [3.63, 3.8) is 0 Å². The Morgan fingerprint density at radius 2 is 1.86 bits per heavy atom. The largest absolute Gasteiger partial charge is 0.464 e. The van der Waals surface area contributed by atoms with E-state index in [0.29, 0.717) is 16.5 Å². The van der Waals surface area contributed by atoms with Gasteiger partial charge in [-0.3, -0.25) is 9.36 Å². The number of anilines is 2. The predicted octanol–water partition coefficient (Wildman–Crippen LogP) is 5.48.